The van der Waals surface area contributed by atoms with Crippen molar-refractivity contribution in [2.45, 2.75) is 26.1 Å². The molecule has 2 N–H and O–H groups in total. The highest BCUT2D eigenvalue weighted by atomic mass is 32.1. The molecule has 1 aromatic heterocycles. The molecular formula is C27H28N4O2S. The summed E-state index contributed by atoms with van der Waals surface area (Å²) in [7, 11) is 4.04. The molecule has 0 atom stereocenters. The summed E-state index contributed by atoms with van der Waals surface area (Å²) >= 11 is 5.46. The lowest BCUT2D eigenvalue weighted by atomic mass is 10.1. The Labute approximate surface area is 203 Å². The quantitative estimate of drug-likeness (QED) is 0.375. The first-order valence-electron chi connectivity index (χ1n) is 11.2. The minimum Gasteiger partial charge on any atom is -0.348 e. The van der Waals surface area contributed by atoms with Crippen LogP contribution >= 0.6 is 12.2 Å². The third kappa shape index (κ3) is 5.50. The number of nitrogens with zero attached hydrogens (tertiary/aromatic N) is 2. The van der Waals surface area contributed by atoms with Gasteiger partial charge >= 0.3 is 0 Å². The molecule has 0 aliphatic carbocycles. The van der Waals surface area contributed by atoms with Crippen molar-refractivity contribution in [2.24, 2.45) is 0 Å². The number of benzene rings is 3. The van der Waals surface area contributed by atoms with E-state index in [1.807, 2.05) is 62.6 Å². The van der Waals surface area contributed by atoms with Gasteiger partial charge in [0, 0.05) is 25.2 Å². The van der Waals surface area contributed by atoms with E-state index in [0.717, 1.165) is 17.7 Å². The predicted octanol–water partition coefficient (Wildman–Crippen LogP) is 4.29. The number of amides is 1. The highest BCUT2D eigenvalue weighted by molar-refractivity contribution is 7.71. The van der Waals surface area contributed by atoms with Crippen molar-refractivity contribution >= 4 is 29.0 Å². The average Bonchev–Trinajstić information content (AvgIpc) is 2.83. The van der Waals surface area contributed by atoms with Crippen LogP contribution in [0.25, 0.3) is 10.9 Å². The molecule has 0 unspecified atom stereocenters. The number of nitrogens with one attached hydrogen (secondary N) is 2. The summed E-state index contributed by atoms with van der Waals surface area (Å²) in [5, 5.41) is 3.50. The van der Waals surface area contributed by atoms with Crippen molar-refractivity contribution in [2.75, 3.05) is 14.1 Å². The maximum Gasteiger partial charge on any atom is 0.262 e. The first-order chi connectivity index (χ1) is 16.4. The molecule has 34 heavy (non-hydrogen) atoms. The highest BCUT2D eigenvalue weighted by Crippen LogP contribution is 2.14. The fraction of sp³-hybridized carbons (Fsp3) is 0.222. The smallest absolute Gasteiger partial charge is 0.262 e. The number of aromatic amines is 1. The van der Waals surface area contributed by atoms with Gasteiger partial charge in [-0.2, -0.15) is 0 Å². The molecule has 0 aliphatic rings. The summed E-state index contributed by atoms with van der Waals surface area (Å²) < 4.78 is 1.93. The summed E-state index contributed by atoms with van der Waals surface area (Å²) in [6.45, 7) is 1.72. The minimum absolute atomic E-state index is 0.153. The lowest BCUT2D eigenvalue weighted by Crippen LogP contribution is -2.25. The van der Waals surface area contributed by atoms with Crippen LogP contribution in [0.5, 0.6) is 0 Å². The van der Waals surface area contributed by atoms with E-state index in [1.165, 1.54) is 5.56 Å². The standard InChI is InChI=1S/C27H28N4O2S/c1-30(2)18-22-11-7-6-10-21(22)17-28-25(32)20-12-13-23-24(16-20)29-27(34)31(26(23)33)15-14-19-8-4-3-5-9-19/h3-13,16H,14-15,17-18H2,1-2H3,(H,28,32)(H,29,34). The fourth-order valence-electron chi connectivity index (χ4n) is 3.99. The van der Waals surface area contributed by atoms with Crippen molar-refractivity contribution < 1.29 is 4.79 Å². The van der Waals surface area contributed by atoms with Gasteiger partial charge in [0.1, 0.15) is 0 Å². The number of hydrogen-bond acceptors (Lipinski definition) is 4. The summed E-state index contributed by atoms with van der Waals surface area (Å²) in [4.78, 5) is 31.1. The van der Waals surface area contributed by atoms with Crippen LogP contribution in [0.4, 0.5) is 0 Å². The number of aromatic nitrogens is 2. The first-order valence-corrected chi connectivity index (χ1v) is 11.6. The third-order valence-electron chi connectivity index (χ3n) is 5.76. The molecule has 174 valence electrons. The van der Waals surface area contributed by atoms with E-state index in [2.05, 4.69) is 21.3 Å². The Morgan fingerprint density at radius 2 is 1.71 bits per heavy atom. The van der Waals surface area contributed by atoms with Crippen molar-refractivity contribution in [1.29, 1.82) is 0 Å². The minimum atomic E-state index is -0.200. The average molecular weight is 473 g/mol. The number of hydrogen-bond donors (Lipinski definition) is 2. The lowest BCUT2D eigenvalue weighted by molar-refractivity contribution is 0.0951. The number of H-pyrrole nitrogens is 1. The molecule has 0 saturated carbocycles. The van der Waals surface area contributed by atoms with Crippen LogP contribution in [0.15, 0.2) is 77.6 Å². The van der Waals surface area contributed by atoms with Crippen LogP contribution in [0, 0.1) is 4.77 Å². The van der Waals surface area contributed by atoms with E-state index in [-0.39, 0.29) is 11.5 Å². The molecule has 0 bridgehead atoms. The second-order valence-corrected chi connectivity index (χ2v) is 8.96. The van der Waals surface area contributed by atoms with Gasteiger partial charge in [0.15, 0.2) is 4.77 Å². The van der Waals surface area contributed by atoms with Gasteiger partial charge in [0.2, 0.25) is 0 Å². The lowest BCUT2D eigenvalue weighted by Gasteiger charge is -2.15. The van der Waals surface area contributed by atoms with Gasteiger partial charge in [-0.25, -0.2) is 0 Å². The van der Waals surface area contributed by atoms with E-state index < -0.39 is 0 Å². The van der Waals surface area contributed by atoms with Crippen molar-refractivity contribution in [3.63, 3.8) is 0 Å². The van der Waals surface area contributed by atoms with Gasteiger partial charge in [0.05, 0.1) is 10.9 Å². The molecular weight excluding hydrogens is 444 g/mol. The Hall–Kier alpha value is -3.55. The molecule has 4 aromatic rings. The Morgan fingerprint density at radius 1 is 1.00 bits per heavy atom. The number of fused-ring (bicyclic) bond motifs is 1. The molecule has 0 aliphatic heterocycles. The van der Waals surface area contributed by atoms with E-state index in [9.17, 15) is 9.59 Å². The third-order valence-corrected chi connectivity index (χ3v) is 6.08. The summed E-state index contributed by atoms with van der Waals surface area (Å²) in [6, 6.07) is 23.1. The van der Waals surface area contributed by atoms with Gasteiger partial charge in [-0.1, -0.05) is 54.6 Å². The van der Waals surface area contributed by atoms with Gasteiger partial charge in [-0.3, -0.25) is 14.2 Å². The van der Waals surface area contributed by atoms with Crippen molar-refractivity contribution in [3.8, 4) is 0 Å². The molecule has 0 radical (unpaired) electrons. The molecule has 1 amide bonds. The molecule has 0 spiro atoms. The zero-order valence-electron chi connectivity index (χ0n) is 19.4. The Bertz CT molecular complexity index is 1420. The number of carbonyl (C=O) groups excluding carboxylic acids is 1. The van der Waals surface area contributed by atoms with Gasteiger partial charge in [-0.05, 0) is 67.6 Å². The van der Waals surface area contributed by atoms with E-state index in [1.54, 1.807) is 22.8 Å². The molecule has 7 heteroatoms. The maximum absolute atomic E-state index is 13.1. The van der Waals surface area contributed by atoms with Crippen LogP contribution in [-0.4, -0.2) is 34.5 Å². The Morgan fingerprint density at radius 3 is 2.44 bits per heavy atom. The van der Waals surface area contributed by atoms with Gasteiger partial charge < -0.3 is 15.2 Å². The molecule has 3 aromatic carbocycles. The van der Waals surface area contributed by atoms with E-state index >= 15 is 0 Å². The summed E-state index contributed by atoms with van der Waals surface area (Å²) in [5.41, 5.74) is 4.27. The largest absolute Gasteiger partial charge is 0.348 e. The second-order valence-electron chi connectivity index (χ2n) is 8.57. The second kappa shape index (κ2) is 10.6. The monoisotopic (exact) mass is 472 g/mol. The first kappa shape index (κ1) is 23.6. The predicted molar refractivity (Wildman–Crippen MR) is 139 cm³/mol. The summed E-state index contributed by atoms with van der Waals surface area (Å²) in [6.07, 6.45) is 0.708. The maximum atomic E-state index is 13.1. The fourth-order valence-corrected chi connectivity index (χ4v) is 4.27. The van der Waals surface area contributed by atoms with E-state index in [0.29, 0.717) is 40.7 Å². The van der Waals surface area contributed by atoms with E-state index in [4.69, 9.17) is 12.2 Å². The topological polar surface area (TPSA) is 70.1 Å². The molecule has 1 heterocycles. The van der Waals surface area contributed by atoms with Crippen LogP contribution in [-0.2, 0) is 26.1 Å². The molecule has 4 rings (SSSR count). The SMILES string of the molecule is CN(C)Cc1ccccc1CNC(=O)c1ccc2c(=O)n(CCc3ccccc3)c(=S)[nH]c2c1. The zero-order valence-corrected chi connectivity index (χ0v) is 20.2. The van der Waals surface area contributed by atoms with Crippen molar-refractivity contribution in [3.05, 3.63) is 110 Å². The number of carbonyl (C=O) groups is 1. The zero-order chi connectivity index (χ0) is 24.1. The van der Waals surface area contributed by atoms with Gasteiger partial charge in [0.25, 0.3) is 11.5 Å². The Balaban J connectivity index is 1.52. The molecule has 6 nitrogen and oxygen atoms in total. The number of aryl methyl sites for hydroxylation is 1. The van der Waals surface area contributed by atoms with Crippen LogP contribution in [0.1, 0.15) is 27.0 Å². The van der Waals surface area contributed by atoms with Crippen LogP contribution in [0.3, 0.4) is 0 Å². The normalized spacial score (nSPS) is 11.1. The summed E-state index contributed by atoms with van der Waals surface area (Å²) in [5.74, 6) is -0.200. The van der Waals surface area contributed by atoms with Crippen LogP contribution < -0.4 is 10.9 Å². The number of rotatable bonds is 8. The molecule has 0 fully saturated rings. The molecule has 0 saturated heterocycles. The highest BCUT2D eigenvalue weighted by Gasteiger charge is 2.12. The van der Waals surface area contributed by atoms with Crippen molar-refractivity contribution in [1.82, 2.24) is 19.8 Å². The van der Waals surface area contributed by atoms with Crippen LogP contribution in [0.2, 0.25) is 0 Å². The van der Waals surface area contributed by atoms with Gasteiger partial charge in [-0.15, -0.1) is 0 Å². The Kier molecular flexibility index (Phi) is 7.35.